The molecule has 1 heterocycles. The first-order valence-corrected chi connectivity index (χ1v) is 8.11. The molecule has 0 saturated heterocycles. The second-order valence-corrected chi connectivity index (χ2v) is 8.38. The van der Waals surface area contributed by atoms with Crippen LogP contribution in [0, 0.1) is 6.92 Å². The summed E-state index contributed by atoms with van der Waals surface area (Å²) in [5.74, 6) is 0. The fourth-order valence-corrected chi connectivity index (χ4v) is 2.72. The molecule has 0 aliphatic rings. The molecule has 0 spiro atoms. The maximum absolute atomic E-state index is 11.8. The fourth-order valence-electron chi connectivity index (χ4n) is 1.82. The summed E-state index contributed by atoms with van der Waals surface area (Å²) in [5.41, 5.74) is -0.849. The fraction of sp³-hybridized carbons (Fsp3) is 0.688. The van der Waals surface area contributed by atoms with Crippen LogP contribution in [0.5, 0.6) is 0 Å². The molecular weight excluding hydrogens is 284 g/mol. The monoisotopic (exact) mass is 312 g/mol. The van der Waals surface area contributed by atoms with Crippen LogP contribution in [0.15, 0.2) is 12.1 Å². The Kier molecular flexibility index (Phi) is 5.82. The number of alkyl carbamates (subject to hydrolysis) is 1. The molecule has 4 nitrogen and oxygen atoms in total. The SMILES string of the molecule is Cc1ccc(C(C)NCC(C)(C)NC(=O)OC(C)(C)C)s1. The van der Waals surface area contributed by atoms with Gasteiger partial charge in [-0.25, -0.2) is 4.79 Å². The van der Waals surface area contributed by atoms with E-state index in [2.05, 4.69) is 36.6 Å². The summed E-state index contributed by atoms with van der Waals surface area (Å²) in [4.78, 5) is 14.4. The average molecular weight is 312 g/mol. The van der Waals surface area contributed by atoms with Crippen molar-refractivity contribution < 1.29 is 9.53 Å². The molecule has 2 N–H and O–H groups in total. The van der Waals surface area contributed by atoms with Crippen molar-refractivity contribution in [1.29, 1.82) is 0 Å². The van der Waals surface area contributed by atoms with Crippen molar-refractivity contribution in [3.05, 3.63) is 21.9 Å². The molecule has 1 rings (SSSR count). The predicted molar refractivity (Wildman–Crippen MR) is 88.9 cm³/mol. The summed E-state index contributed by atoms with van der Waals surface area (Å²) in [6.07, 6.45) is -0.381. The van der Waals surface area contributed by atoms with Gasteiger partial charge in [-0.2, -0.15) is 0 Å². The number of ether oxygens (including phenoxy) is 1. The van der Waals surface area contributed by atoms with E-state index in [9.17, 15) is 4.79 Å². The number of rotatable bonds is 5. The zero-order valence-corrected chi connectivity index (χ0v) is 15.0. The van der Waals surface area contributed by atoms with E-state index in [0.29, 0.717) is 6.54 Å². The van der Waals surface area contributed by atoms with Gasteiger partial charge in [-0.3, -0.25) is 0 Å². The van der Waals surface area contributed by atoms with E-state index in [4.69, 9.17) is 4.74 Å². The van der Waals surface area contributed by atoms with Crippen molar-refractivity contribution in [2.45, 2.75) is 65.6 Å². The quantitative estimate of drug-likeness (QED) is 0.863. The van der Waals surface area contributed by atoms with E-state index >= 15 is 0 Å². The van der Waals surface area contributed by atoms with E-state index in [1.54, 1.807) is 11.3 Å². The first-order chi connectivity index (χ1) is 9.48. The highest BCUT2D eigenvalue weighted by Crippen LogP contribution is 2.22. The summed E-state index contributed by atoms with van der Waals surface area (Å²) in [7, 11) is 0. The van der Waals surface area contributed by atoms with Gasteiger partial charge in [0.15, 0.2) is 0 Å². The molecular formula is C16H28N2O2S. The maximum Gasteiger partial charge on any atom is 0.408 e. The van der Waals surface area contributed by atoms with Crippen LogP contribution in [-0.4, -0.2) is 23.8 Å². The highest BCUT2D eigenvalue weighted by molar-refractivity contribution is 7.12. The second-order valence-electron chi connectivity index (χ2n) is 7.06. The smallest absolute Gasteiger partial charge is 0.408 e. The van der Waals surface area contributed by atoms with Gasteiger partial charge in [0.25, 0.3) is 0 Å². The molecule has 0 aromatic carbocycles. The third kappa shape index (κ3) is 6.96. The molecule has 1 unspecified atom stereocenters. The number of hydrogen-bond donors (Lipinski definition) is 2. The first kappa shape index (κ1) is 18.0. The molecule has 0 saturated carbocycles. The van der Waals surface area contributed by atoms with Crippen LogP contribution in [-0.2, 0) is 4.74 Å². The van der Waals surface area contributed by atoms with Crippen LogP contribution in [0.2, 0.25) is 0 Å². The molecule has 120 valence electrons. The van der Waals surface area contributed by atoms with Gasteiger partial charge in [-0.1, -0.05) is 0 Å². The van der Waals surface area contributed by atoms with Gasteiger partial charge in [-0.05, 0) is 60.6 Å². The Balaban J connectivity index is 2.47. The highest BCUT2D eigenvalue weighted by Gasteiger charge is 2.25. The summed E-state index contributed by atoms with van der Waals surface area (Å²) < 4.78 is 5.29. The van der Waals surface area contributed by atoms with Gasteiger partial charge in [0, 0.05) is 22.3 Å². The number of aryl methyl sites for hydroxylation is 1. The van der Waals surface area contributed by atoms with E-state index in [1.165, 1.54) is 9.75 Å². The Bertz CT molecular complexity index is 475. The summed E-state index contributed by atoms with van der Waals surface area (Å²) >= 11 is 1.79. The van der Waals surface area contributed by atoms with Crippen molar-refractivity contribution in [3.8, 4) is 0 Å². The van der Waals surface area contributed by atoms with Gasteiger partial charge in [0.2, 0.25) is 0 Å². The van der Waals surface area contributed by atoms with Crippen molar-refractivity contribution in [2.75, 3.05) is 6.54 Å². The number of hydrogen-bond acceptors (Lipinski definition) is 4. The van der Waals surface area contributed by atoms with Gasteiger partial charge in [-0.15, -0.1) is 11.3 Å². The first-order valence-electron chi connectivity index (χ1n) is 7.29. The van der Waals surface area contributed by atoms with Crippen molar-refractivity contribution in [1.82, 2.24) is 10.6 Å². The van der Waals surface area contributed by atoms with Crippen molar-refractivity contribution in [2.24, 2.45) is 0 Å². The van der Waals surface area contributed by atoms with Crippen molar-refractivity contribution >= 4 is 17.4 Å². The van der Waals surface area contributed by atoms with Gasteiger partial charge in [0.05, 0.1) is 5.54 Å². The highest BCUT2D eigenvalue weighted by atomic mass is 32.1. The number of thiophene rings is 1. The average Bonchev–Trinajstić information content (AvgIpc) is 2.69. The summed E-state index contributed by atoms with van der Waals surface area (Å²) in [5, 5.41) is 6.37. The minimum absolute atomic E-state index is 0.267. The van der Waals surface area contributed by atoms with E-state index in [-0.39, 0.29) is 17.7 Å². The molecule has 1 aromatic heterocycles. The molecule has 1 amide bonds. The van der Waals surface area contributed by atoms with Crippen LogP contribution in [0.25, 0.3) is 0 Å². The lowest BCUT2D eigenvalue weighted by Crippen LogP contribution is -2.51. The third-order valence-corrected chi connectivity index (χ3v) is 4.06. The minimum atomic E-state index is -0.477. The Morgan fingerprint density at radius 1 is 1.29 bits per heavy atom. The van der Waals surface area contributed by atoms with Gasteiger partial charge < -0.3 is 15.4 Å². The molecule has 0 radical (unpaired) electrons. The number of amides is 1. The van der Waals surface area contributed by atoms with Crippen LogP contribution in [0.3, 0.4) is 0 Å². The number of carbonyl (C=O) groups excluding carboxylic acids is 1. The molecule has 5 heteroatoms. The Morgan fingerprint density at radius 2 is 1.90 bits per heavy atom. The topological polar surface area (TPSA) is 50.4 Å². The maximum atomic E-state index is 11.8. The number of nitrogens with one attached hydrogen (secondary N) is 2. The predicted octanol–water partition coefficient (Wildman–Crippen LogP) is 4.01. The third-order valence-electron chi connectivity index (χ3n) is 2.88. The van der Waals surface area contributed by atoms with E-state index < -0.39 is 5.60 Å². The molecule has 0 bridgehead atoms. The van der Waals surface area contributed by atoms with Gasteiger partial charge >= 0.3 is 6.09 Å². The lowest BCUT2D eigenvalue weighted by molar-refractivity contribution is 0.0471. The summed E-state index contributed by atoms with van der Waals surface area (Å²) in [6, 6.07) is 4.54. The summed E-state index contributed by atoms with van der Waals surface area (Å²) in [6.45, 7) is 14.5. The van der Waals surface area contributed by atoms with E-state index in [0.717, 1.165) is 0 Å². The molecule has 0 fully saturated rings. The van der Waals surface area contributed by atoms with Crippen LogP contribution in [0.1, 0.15) is 57.3 Å². The minimum Gasteiger partial charge on any atom is -0.444 e. The Morgan fingerprint density at radius 3 is 2.38 bits per heavy atom. The van der Waals surface area contributed by atoms with E-state index in [1.807, 2.05) is 34.6 Å². The van der Waals surface area contributed by atoms with Crippen molar-refractivity contribution in [3.63, 3.8) is 0 Å². The number of carbonyl (C=O) groups is 1. The standard InChI is InChI=1S/C16H28N2O2S/c1-11-8-9-13(21-11)12(2)17-10-16(6,7)18-14(19)20-15(3,4)5/h8-9,12,17H,10H2,1-7H3,(H,18,19). The zero-order chi connectivity index (χ0) is 16.3. The molecule has 1 aromatic rings. The van der Waals surface area contributed by atoms with Crippen LogP contribution >= 0.6 is 11.3 Å². The molecule has 0 aliphatic heterocycles. The van der Waals surface area contributed by atoms with Crippen LogP contribution in [0.4, 0.5) is 4.79 Å². The Hall–Kier alpha value is -1.07. The zero-order valence-electron chi connectivity index (χ0n) is 14.2. The van der Waals surface area contributed by atoms with Gasteiger partial charge in [0.1, 0.15) is 5.60 Å². The Labute approximate surface area is 132 Å². The normalized spacial score (nSPS) is 13.9. The lowest BCUT2D eigenvalue weighted by Gasteiger charge is -2.30. The molecule has 1 atom stereocenters. The van der Waals surface area contributed by atoms with Crippen LogP contribution < -0.4 is 10.6 Å². The lowest BCUT2D eigenvalue weighted by atomic mass is 10.1. The molecule has 0 aliphatic carbocycles. The molecule has 21 heavy (non-hydrogen) atoms. The largest absolute Gasteiger partial charge is 0.444 e. The second kappa shape index (κ2) is 6.79.